The Hall–Kier alpha value is -1.60. The first-order valence-corrected chi connectivity index (χ1v) is 13.2. The Morgan fingerprint density at radius 2 is 1.72 bits per heavy atom. The van der Waals surface area contributed by atoms with Crippen LogP contribution in [0.3, 0.4) is 0 Å². The van der Waals surface area contributed by atoms with E-state index < -0.39 is 36.9 Å². The van der Waals surface area contributed by atoms with E-state index in [4.69, 9.17) is 14.2 Å². The second-order valence-corrected chi connectivity index (χ2v) is 9.80. The van der Waals surface area contributed by atoms with Gasteiger partial charge in [0.25, 0.3) is 0 Å². The number of unbranched alkanes of at least 4 members (excludes halogenated alkanes) is 7. The first-order valence-electron chi connectivity index (χ1n) is 13.2. The average molecular weight is 514 g/mol. The number of amides is 2. The Morgan fingerprint density at radius 3 is 2.42 bits per heavy atom. The molecule has 3 aliphatic rings. The molecule has 0 aromatic carbocycles. The van der Waals surface area contributed by atoms with Crippen molar-refractivity contribution in [3.63, 3.8) is 0 Å². The van der Waals surface area contributed by atoms with Crippen LogP contribution < -0.4 is 10.6 Å². The number of methoxy groups -OCH3 is 1. The van der Waals surface area contributed by atoms with E-state index >= 15 is 0 Å². The summed E-state index contributed by atoms with van der Waals surface area (Å²) in [7, 11) is 1.73. The van der Waals surface area contributed by atoms with E-state index in [2.05, 4.69) is 27.7 Å². The molecule has 0 saturated carbocycles. The largest absolute Gasteiger partial charge is 0.394 e. The Morgan fingerprint density at radius 1 is 1.03 bits per heavy atom. The van der Waals surface area contributed by atoms with Crippen molar-refractivity contribution < 1.29 is 39.1 Å². The smallest absolute Gasteiger partial charge is 0.239 e. The highest BCUT2D eigenvalue weighted by atomic mass is 16.6. The Bertz CT molecular complexity index is 721. The van der Waals surface area contributed by atoms with Crippen molar-refractivity contribution >= 4 is 11.8 Å². The second-order valence-electron chi connectivity index (χ2n) is 9.80. The van der Waals surface area contributed by atoms with Crippen LogP contribution >= 0.6 is 0 Å². The van der Waals surface area contributed by atoms with Crippen LogP contribution in [0.1, 0.15) is 57.8 Å². The predicted molar refractivity (Wildman–Crippen MR) is 131 cm³/mol. The van der Waals surface area contributed by atoms with Crippen molar-refractivity contribution in [2.45, 2.75) is 101 Å². The Kier molecular flexibility index (Phi) is 12.0. The number of rotatable bonds is 16. The summed E-state index contributed by atoms with van der Waals surface area (Å²) in [6, 6.07) is -0.938. The van der Waals surface area contributed by atoms with Gasteiger partial charge in [0, 0.05) is 20.1 Å². The van der Waals surface area contributed by atoms with Gasteiger partial charge in [0.1, 0.15) is 36.9 Å². The van der Waals surface area contributed by atoms with E-state index in [1.807, 2.05) is 0 Å². The molecule has 3 rings (SSSR count). The van der Waals surface area contributed by atoms with Crippen molar-refractivity contribution in [3.8, 4) is 0 Å². The summed E-state index contributed by atoms with van der Waals surface area (Å²) in [5.74, 6) is -0.712. The molecule has 0 aliphatic carbocycles. The van der Waals surface area contributed by atoms with Crippen LogP contribution in [0.15, 0.2) is 12.2 Å². The van der Waals surface area contributed by atoms with Gasteiger partial charge in [0.05, 0.1) is 25.8 Å². The van der Waals surface area contributed by atoms with Gasteiger partial charge >= 0.3 is 0 Å². The predicted octanol–water partition coefficient (Wildman–Crippen LogP) is -0.220. The third kappa shape index (κ3) is 8.76. The first kappa shape index (κ1) is 29.0. The topological polar surface area (TPSA) is 153 Å². The van der Waals surface area contributed by atoms with Crippen LogP contribution in [0.25, 0.3) is 0 Å². The van der Waals surface area contributed by atoms with Crippen molar-refractivity contribution in [1.29, 1.82) is 0 Å². The number of hydrogen-bond acceptors (Lipinski definition) is 9. The fraction of sp³-hybridized carbons (Fsp3) is 0.840. The fourth-order valence-corrected chi connectivity index (χ4v) is 4.82. The van der Waals surface area contributed by atoms with E-state index in [1.54, 1.807) is 7.11 Å². The number of aliphatic hydroxyl groups excluding tert-OH is 3. The Balaban J connectivity index is 1.14. The van der Waals surface area contributed by atoms with Gasteiger partial charge in [-0.2, -0.15) is 0 Å². The van der Waals surface area contributed by atoms with Gasteiger partial charge < -0.3 is 40.2 Å². The summed E-state index contributed by atoms with van der Waals surface area (Å²) in [4.78, 5) is 26.4. The molecular weight excluding hydrogens is 470 g/mol. The summed E-state index contributed by atoms with van der Waals surface area (Å²) < 4.78 is 16.4. The van der Waals surface area contributed by atoms with Gasteiger partial charge in [-0.1, -0.05) is 44.6 Å². The maximum Gasteiger partial charge on any atom is 0.239 e. The number of aliphatic hydroxyl groups is 3. The molecule has 36 heavy (non-hydrogen) atoms. The zero-order valence-electron chi connectivity index (χ0n) is 21.2. The lowest BCUT2D eigenvalue weighted by Gasteiger charge is -2.37. The molecule has 3 unspecified atom stereocenters. The van der Waals surface area contributed by atoms with Gasteiger partial charge in [-0.15, -0.1) is 0 Å². The average Bonchev–Trinajstić information content (AvgIpc) is 3.67. The zero-order valence-corrected chi connectivity index (χ0v) is 21.2. The molecule has 3 heterocycles. The molecule has 7 atom stereocenters. The molecule has 0 aromatic rings. The van der Waals surface area contributed by atoms with Crippen LogP contribution in [-0.2, 0) is 23.8 Å². The number of epoxide rings is 1. The lowest BCUT2D eigenvalue weighted by atomic mass is 9.97. The summed E-state index contributed by atoms with van der Waals surface area (Å²) in [6.07, 6.45) is 10.4. The van der Waals surface area contributed by atoms with E-state index in [0.717, 1.165) is 38.6 Å². The van der Waals surface area contributed by atoms with E-state index in [-0.39, 0.29) is 37.6 Å². The fourth-order valence-electron chi connectivity index (χ4n) is 4.82. The normalized spacial score (nSPS) is 31.6. The molecule has 11 heteroatoms. The molecule has 0 aromatic heterocycles. The molecule has 2 amide bonds. The maximum absolute atomic E-state index is 12.1. The standard InChI is InChI=1S/C25H43N3O8/c1-34-22-12-11-18-25(36-18)28(22)13-9-7-5-3-2-4-6-8-10-20(31)26-14-21(32)27-23-19(15-29)35-16-17(30)24(23)33/h11-12,17-19,22-25,29-30,33H,2-10,13-16H2,1H3,(H,26,31)(H,27,32)/t17-,18?,19+,22?,23+,24+,25?/m1/s1. The molecule has 206 valence electrons. The highest BCUT2D eigenvalue weighted by molar-refractivity contribution is 5.84. The second kappa shape index (κ2) is 15.0. The molecule has 2 saturated heterocycles. The number of nitrogens with zero attached hydrogens (tertiary/aromatic N) is 1. The van der Waals surface area contributed by atoms with Crippen molar-refractivity contribution in [1.82, 2.24) is 15.5 Å². The quantitative estimate of drug-likeness (QED) is 0.107. The molecule has 0 bridgehead atoms. The van der Waals surface area contributed by atoms with Gasteiger partial charge in [-0.3, -0.25) is 9.59 Å². The summed E-state index contributed by atoms with van der Waals surface area (Å²) in [5, 5.41) is 34.2. The van der Waals surface area contributed by atoms with E-state index in [9.17, 15) is 24.9 Å². The highest BCUT2D eigenvalue weighted by Crippen LogP contribution is 2.33. The summed E-state index contributed by atoms with van der Waals surface area (Å²) in [5.41, 5.74) is 0. The summed E-state index contributed by atoms with van der Waals surface area (Å²) in [6.45, 7) is 0.236. The first-order chi connectivity index (χ1) is 17.4. The lowest BCUT2D eigenvalue weighted by Crippen LogP contribution is -2.62. The number of ether oxygens (including phenoxy) is 3. The van der Waals surface area contributed by atoms with Gasteiger partial charge in [0.15, 0.2) is 0 Å². The van der Waals surface area contributed by atoms with Gasteiger partial charge in [0.2, 0.25) is 11.8 Å². The van der Waals surface area contributed by atoms with Crippen LogP contribution in [0, 0.1) is 0 Å². The molecule has 0 spiro atoms. The molecule has 2 fully saturated rings. The minimum atomic E-state index is -1.24. The van der Waals surface area contributed by atoms with Crippen LogP contribution in [0.5, 0.6) is 0 Å². The van der Waals surface area contributed by atoms with Gasteiger partial charge in [-0.05, 0) is 18.9 Å². The van der Waals surface area contributed by atoms with E-state index in [0.29, 0.717) is 6.42 Å². The maximum atomic E-state index is 12.1. The zero-order chi connectivity index (χ0) is 25.9. The third-order valence-corrected chi connectivity index (χ3v) is 7.03. The summed E-state index contributed by atoms with van der Waals surface area (Å²) >= 11 is 0. The van der Waals surface area contributed by atoms with Crippen molar-refractivity contribution in [2.75, 3.05) is 33.4 Å². The molecule has 3 aliphatic heterocycles. The third-order valence-electron chi connectivity index (χ3n) is 7.03. The van der Waals surface area contributed by atoms with E-state index in [1.165, 1.54) is 19.3 Å². The number of carbonyl (C=O) groups excluding carboxylic acids is 2. The Labute approximate surface area is 213 Å². The minimum absolute atomic E-state index is 0.0207. The number of hydrogen-bond donors (Lipinski definition) is 5. The number of fused-ring (bicyclic) bond motifs is 1. The molecule has 0 radical (unpaired) electrons. The lowest BCUT2D eigenvalue weighted by molar-refractivity contribution is -0.156. The SMILES string of the molecule is COC1C=CC2OC2N1CCCCCCCCCCC(=O)NCC(=O)N[C@@H]1[C@@H](O)[C@H](O)CO[C@H]1CO. The molecule has 11 nitrogen and oxygen atoms in total. The van der Waals surface area contributed by atoms with Crippen molar-refractivity contribution in [3.05, 3.63) is 12.2 Å². The number of carbonyl (C=O) groups is 2. The highest BCUT2D eigenvalue weighted by Gasteiger charge is 2.46. The minimum Gasteiger partial charge on any atom is -0.394 e. The van der Waals surface area contributed by atoms with Crippen molar-refractivity contribution in [2.24, 2.45) is 0 Å². The van der Waals surface area contributed by atoms with Crippen LogP contribution in [0.2, 0.25) is 0 Å². The van der Waals surface area contributed by atoms with Gasteiger partial charge in [-0.25, -0.2) is 4.90 Å². The number of nitrogens with one attached hydrogen (secondary N) is 2. The van der Waals surface area contributed by atoms with Crippen LogP contribution in [-0.4, -0.2) is 108 Å². The molecular formula is C25H43N3O8. The molecule has 5 N–H and O–H groups in total. The van der Waals surface area contributed by atoms with Crippen LogP contribution in [0.4, 0.5) is 0 Å². The monoisotopic (exact) mass is 513 g/mol.